The van der Waals surface area contributed by atoms with Crippen molar-refractivity contribution < 1.29 is 4.42 Å². The number of aromatic nitrogens is 2. The summed E-state index contributed by atoms with van der Waals surface area (Å²) in [6.07, 6.45) is 1.76. The second kappa shape index (κ2) is 4.79. The zero-order valence-electron chi connectivity index (χ0n) is 11.0. The van der Waals surface area contributed by atoms with E-state index in [0.717, 1.165) is 26.9 Å². The van der Waals surface area contributed by atoms with Crippen molar-refractivity contribution in [1.82, 2.24) is 9.97 Å². The molecule has 21 heavy (non-hydrogen) atoms. The number of rotatable bonds is 2. The average molecular weight is 293 g/mol. The minimum atomic E-state index is 0.589. The molecule has 0 saturated heterocycles. The molecular weight excluding hydrogens is 282 g/mol. The molecule has 0 bridgehead atoms. The summed E-state index contributed by atoms with van der Waals surface area (Å²) in [6.45, 7) is 0. The first-order chi connectivity index (χ1) is 10.3. The summed E-state index contributed by atoms with van der Waals surface area (Å²) in [7, 11) is 0. The molecule has 2 N–H and O–H groups in total. The molecule has 4 rings (SSSR count). The van der Waals surface area contributed by atoms with Crippen LogP contribution >= 0.6 is 11.8 Å². The fourth-order valence-corrected chi connectivity index (χ4v) is 3.05. The van der Waals surface area contributed by atoms with E-state index in [-0.39, 0.29) is 0 Å². The molecule has 0 aliphatic carbocycles. The van der Waals surface area contributed by atoms with Gasteiger partial charge in [0.15, 0.2) is 5.58 Å². The molecule has 2 heterocycles. The van der Waals surface area contributed by atoms with E-state index in [2.05, 4.69) is 9.97 Å². The highest BCUT2D eigenvalue weighted by Crippen LogP contribution is 2.36. The molecule has 0 unspecified atom stereocenters. The molecule has 0 saturated carbocycles. The fraction of sp³-hybridized carbons (Fsp3) is 0. The lowest BCUT2D eigenvalue weighted by molar-refractivity contribution is 0.489. The van der Waals surface area contributed by atoms with Gasteiger partial charge in [-0.15, -0.1) is 0 Å². The molecule has 0 spiro atoms. The van der Waals surface area contributed by atoms with Crippen LogP contribution in [0.25, 0.3) is 22.0 Å². The summed E-state index contributed by atoms with van der Waals surface area (Å²) in [5, 5.41) is 1.53. The highest BCUT2D eigenvalue weighted by atomic mass is 32.2. The van der Waals surface area contributed by atoms with Crippen LogP contribution in [0, 0.1) is 0 Å². The number of hydrogen-bond acceptors (Lipinski definition) is 5. The van der Waals surface area contributed by atoms with Gasteiger partial charge >= 0.3 is 0 Å². The first-order valence-corrected chi connectivity index (χ1v) is 7.29. The molecule has 5 heteroatoms. The number of oxazole rings is 1. The van der Waals surface area contributed by atoms with Gasteiger partial charge in [-0.25, -0.2) is 4.98 Å². The summed E-state index contributed by atoms with van der Waals surface area (Å²) in [5.41, 5.74) is 9.45. The third-order valence-electron chi connectivity index (χ3n) is 3.26. The summed E-state index contributed by atoms with van der Waals surface area (Å²) < 4.78 is 5.72. The molecule has 4 nitrogen and oxygen atoms in total. The van der Waals surface area contributed by atoms with Gasteiger partial charge in [-0.3, -0.25) is 4.98 Å². The molecule has 2 aromatic heterocycles. The lowest BCUT2D eigenvalue weighted by Crippen LogP contribution is -1.91. The Balaban J connectivity index is 1.78. The quantitative estimate of drug-likeness (QED) is 0.563. The molecule has 0 aliphatic heterocycles. The van der Waals surface area contributed by atoms with Crippen LogP contribution < -0.4 is 5.73 Å². The van der Waals surface area contributed by atoms with Crippen LogP contribution in [0.15, 0.2) is 69.3 Å². The van der Waals surface area contributed by atoms with Crippen molar-refractivity contribution in [3.05, 3.63) is 54.7 Å². The van der Waals surface area contributed by atoms with Crippen LogP contribution in [0.4, 0.5) is 5.69 Å². The van der Waals surface area contributed by atoms with Crippen LogP contribution in [0.5, 0.6) is 0 Å². The maximum Gasteiger partial charge on any atom is 0.261 e. The Morgan fingerprint density at radius 2 is 1.86 bits per heavy atom. The van der Waals surface area contributed by atoms with Gasteiger partial charge in [-0.2, -0.15) is 0 Å². The van der Waals surface area contributed by atoms with Gasteiger partial charge in [0, 0.05) is 16.5 Å². The van der Waals surface area contributed by atoms with Gasteiger partial charge < -0.3 is 10.2 Å². The monoisotopic (exact) mass is 293 g/mol. The molecule has 2 aromatic carbocycles. The van der Waals surface area contributed by atoms with Crippen molar-refractivity contribution in [1.29, 1.82) is 0 Å². The Bertz CT molecular complexity index is 915. The number of nitrogens with zero attached hydrogens (tertiary/aromatic N) is 2. The van der Waals surface area contributed by atoms with Crippen LogP contribution in [-0.4, -0.2) is 9.97 Å². The molecule has 102 valence electrons. The van der Waals surface area contributed by atoms with Crippen molar-refractivity contribution in [2.45, 2.75) is 10.1 Å². The summed E-state index contributed by atoms with van der Waals surface area (Å²) in [4.78, 5) is 9.67. The Morgan fingerprint density at radius 1 is 0.952 bits per heavy atom. The minimum absolute atomic E-state index is 0.589. The molecular formula is C16H11N3OS. The molecule has 0 fully saturated rings. The van der Waals surface area contributed by atoms with E-state index in [1.54, 1.807) is 6.20 Å². The van der Waals surface area contributed by atoms with Crippen molar-refractivity contribution >= 4 is 39.5 Å². The number of hydrogen-bond donors (Lipinski definition) is 1. The highest BCUT2D eigenvalue weighted by Gasteiger charge is 2.11. The van der Waals surface area contributed by atoms with Crippen LogP contribution in [0.1, 0.15) is 0 Å². The van der Waals surface area contributed by atoms with E-state index in [4.69, 9.17) is 10.2 Å². The molecule has 0 atom stereocenters. The maximum absolute atomic E-state index is 6.23. The van der Waals surface area contributed by atoms with E-state index in [0.29, 0.717) is 10.9 Å². The Kier molecular flexibility index (Phi) is 2.79. The summed E-state index contributed by atoms with van der Waals surface area (Å²) in [5.74, 6) is 0. The molecule has 4 aromatic rings. The third-order valence-corrected chi connectivity index (χ3v) is 4.18. The Morgan fingerprint density at radius 3 is 2.76 bits per heavy atom. The van der Waals surface area contributed by atoms with Crippen molar-refractivity contribution in [3.8, 4) is 0 Å². The zero-order valence-corrected chi connectivity index (χ0v) is 11.8. The normalized spacial score (nSPS) is 11.2. The largest absolute Gasteiger partial charge is 0.431 e. The smallest absolute Gasteiger partial charge is 0.261 e. The van der Waals surface area contributed by atoms with Gasteiger partial charge in [0.05, 0.1) is 11.2 Å². The Hall–Kier alpha value is -2.53. The third kappa shape index (κ3) is 2.11. The first-order valence-electron chi connectivity index (χ1n) is 6.48. The number of anilines is 1. The number of benzene rings is 2. The summed E-state index contributed by atoms with van der Waals surface area (Å²) >= 11 is 1.42. The van der Waals surface area contributed by atoms with Crippen molar-refractivity contribution in [2.75, 3.05) is 5.73 Å². The Labute approximate surface area is 125 Å². The number of nitrogens with two attached hydrogens (primary N) is 1. The van der Waals surface area contributed by atoms with E-state index in [9.17, 15) is 0 Å². The van der Waals surface area contributed by atoms with Crippen molar-refractivity contribution in [2.24, 2.45) is 0 Å². The average Bonchev–Trinajstić information content (AvgIpc) is 2.93. The van der Waals surface area contributed by atoms with Gasteiger partial charge in [-0.05, 0) is 48.2 Å². The molecule has 0 aliphatic rings. The number of para-hydroxylation sites is 2. The predicted molar refractivity (Wildman–Crippen MR) is 84.3 cm³/mol. The van der Waals surface area contributed by atoms with Gasteiger partial charge in [0.25, 0.3) is 5.22 Å². The number of fused-ring (bicyclic) bond motifs is 2. The van der Waals surface area contributed by atoms with E-state index in [1.807, 2.05) is 48.5 Å². The lowest BCUT2D eigenvalue weighted by Gasteiger charge is -2.05. The van der Waals surface area contributed by atoms with Gasteiger partial charge in [0.1, 0.15) is 5.52 Å². The van der Waals surface area contributed by atoms with Crippen molar-refractivity contribution in [3.63, 3.8) is 0 Å². The molecule has 0 amide bonds. The zero-order chi connectivity index (χ0) is 14.2. The summed E-state index contributed by atoms with van der Waals surface area (Å²) in [6, 6.07) is 15.4. The van der Waals surface area contributed by atoms with E-state index in [1.165, 1.54) is 11.8 Å². The second-order valence-electron chi connectivity index (χ2n) is 4.60. The van der Waals surface area contributed by atoms with E-state index >= 15 is 0 Å². The van der Waals surface area contributed by atoms with Gasteiger partial charge in [-0.1, -0.05) is 12.1 Å². The number of pyridine rings is 1. The maximum atomic E-state index is 6.23. The standard InChI is InChI=1S/C16H11N3OS/c17-15-10-4-3-9-18-11(10)7-8-14(15)21-16-19-12-5-1-2-6-13(12)20-16/h1-9H,17H2. The number of nitrogen functional groups attached to an aromatic ring is 1. The predicted octanol–water partition coefficient (Wildman–Crippen LogP) is 4.11. The lowest BCUT2D eigenvalue weighted by atomic mass is 10.2. The van der Waals surface area contributed by atoms with Gasteiger partial charge in [0.2, 0.25) is 0 Å². The topological polar surface area (TPSA) is 64.9 Å². The fourth-order valence-electron chi connectivity index (χ4n) is 2.23. The van der Waals surface area contributed by atoms with Crippen LogP contribution in [0.2, 0.25) is 0 Å². The van der Waals surface area contributed by atoms with E-state index < -0.39 is 0 Å². The molecule has 0 radical (unpaired) electrons. The minimum Gasteiger partial charge on any atom is -0.431 e. The van der Waals surface area contributed by atoms with Crippen LogP contribution in [0.3, 0.4) is 0 Å². The first kappa shape index (κ1) is 12.2. The van der Waals surface area contributed by atoms with Crippen LogP contribution in [-0.2, 0) is 0 Å². The second-order valence-corrected chi connectivity index (χ2v) is 5.59. The SMILES string of the molecule is Nc1c(Sc2nc3ccccc3o2)ccc2ncccc12. The highest BCUT2D eigenvalue weighted by molar-refractivity contribution is 7.99.